The Morgan fingerprint density at radius 1 is 1.03 bits per heavy atom. The third kappa shape index (κ3) is 3.99. The van der Waals surface area contributed by atoms with Gasteiger partial charge in [0.25, 0.3) is 5.56 Å². The van der Waals surface area contributed by atoms with Gasteiger partial charge in [0.2, 0.25) is 17.7 Å². The number of aromatic nitrogens is 6. The highest BCUT2D eigenvalue weighted by atomic mass is 19.4. The average Bonchev–Trinajstić information content (AvgIpc) is 3.47. The van der Waals surface area contributed by atoms with Crippen molar-refractivity contribution in [3.63, 3.8) is 0 Å². The van der Waals surface area contributed by atoms with Crippen molar-refractivity contribution in [1.29, 1.82) is 0 Å². The van der Waals surface area contributed by atoms with Crippen LogP contribution in [0.2, 0.25) is 0 Å². The maximum atomic E-state index is 13.0. The topological polar surface area (TPSA) is 116 Å². The van der Waals surface area contributed by atoms with E-state index in [-0.39, 0.29) is 29.5 Å². The molecule has 1 fully saturated rings. The van der Waals surface area contributed by atoms with E-state index in [1.807, 2.05) is 4.90 Å². The molecule has 1 aliphatic rings. The Bertz CT molecular complexity index is 1510. The normalized spacial score (nSPS) is 14.7. The standard InChI is InChI=1S/C21H21F3N8O3/c1-29-16-15(18(33)30(2)20(29)34)32(19(26-16)31-9-7-25-8-10-31)11-14-27-28-17(35-14)12-3-5-13(6-4-12)21(22,23)24/h3-6,25H,7-11H2,1-2H3. The van der Waals surface area contributed by atoms with Crippen LogP contribution < -0.4 is 21.5 Å². The highest BCUT2D eigenvalue weighted by Gasteiger charge is 2.30. The van der Waals surface area contributed by atoms with E-state index >= 15 is 0 Å². The maximum absolute atomic E-state index is 13.0. The zero-order chi connectivity index (χ0) is 24.9. The van der Waals surface area contributed by atoms with Crippen molar-refractivity contribution in [2.45, 2.75) is 12.7 Å². The van der Waals surface area contributed by atoms with Crippen LogP contribution in [-0.4, -0.2) is 55.1 Å². The largest absolute Gasteiger partial charge is 0.419 e. The zero-order valence-corrected chi connectivity index (χ0v) is 18.8. The van der Waals surface area contributed by atoms with Gasteiger partial charge in [-0.25, -0.2) is 4.79 Å². The zero-order valence-electron chi connectivity index (χ0n) is 18.8. The number of alkyl halides is 3. The van der Waals surface area contributed by atoms with E-state index in [2.05, 4.69) is 20.5 Å². The number of hydrogen-bond acceptors (Lipinski definition) is 8. The molecule has 1 aliphatic heterocycles. The number of rotatable bonds is 4. The van der Waals surface area contributed by atoms with Crippen molar-refractivity contribution in [2.75, 3.05) is 31.1 Å². The van der Waals surface area contributed by atoms with Gasteiger partial charge in [-0.05, 0) is 24.3 Å². The second-order valence-corrected chi connectivity index (χ2v) is 8.19. The van der Waals surface area contributed by atoms with E-state index in [9.17, 15) is 22.8 Å². The minimum atomic E-state index is -4.45. The van der Waals surface area contributed by atoms with Gasteiger partial charge in [-0.3, -0.25) is 18.5 Å². The van der Waals surface area contributed by atoms with Crippen LogP contribution in [-0.2, 0) is 26.8 Å². The number of aryl methyl sites for hydroxylation is 1. The molecule has 35 heavy (non-hydrogen) atoms. The van der Waals surface area contributed by atoms with Gasteiger partial charge < -0.3 is 14.6 Å². The van der Waals surface area contributed by atoms with Gasteiger partial charge >= 0.3 is 11.9 Å². The summed E-state index contributed by atoms with van der Waals surface area (Å²) in [6.45, 7) is 2.70. The Kier molecular flexibility index (Phi) is 5.46. The number of hydrogen-bond donors (Lipinski definition) is 1. The molecule has 1 N–H and O–H groups in total. The molecule has 0 aliphatic carbocycles. The van der Waals surface area contributed by atoms with Crippen molar-refractivity contribution in [3.05, 3.63) is 56.6 Å². The number of nitrogens with one attached hydrogen (secondary N) is 1. The monoisotopic (exact) mass is 490 g/mol. The lowest BCUT2D eigenvalue weighted by molar-refractivity contribution is -0.137. The van der Waals surface area contributed by atoms with Gasteiger partial charge in [0, 0.05) is 45.8 Å². The molecule has 0 saturated carbocycles. The maximum Gasteiger partial charge on any atom is 0.416 e. The molecule has 5 rings (SSSR count). The molecular weight excluding hydrogens is 469 g/mol. The summed E-state index contributed by atoms with van der Waals surface area (Å²) in [5.41, 5.74) is -1.03. The van der Waals surface area contributed by atoms with Gasteiger partial charge in [0.05, 0.1) is 5.56 Å². The van der Waals surface area contributed by atoms with Crippen LogP contribution in [0.25, 0.3) is 22.6 Å². The van der Waals surface area contributed by atoms with E-state index in [0.717, 1.165) is 29.8 Å². The van der Waals surface area contributed by atoms with Crippen LogP contribution in [0.5, 0.6) is 0 Å². The molecule has 0 unspecified atom stereocenters. The molecule has 1 aromatic carbocycles. The van der Waals surface area contributed by atoms with E-state index in [1.165, 1.54) is 23.7 Å². The Hall–Kier alpha value is -3.94. The van der Waals surface area contributed by atoms with E-state index in [1.54, 1.807) is 11.6 Å². The molecule has 3 aromatic heterocycles. The predicted molar refractivity (Wildman–Crippen MR) is 119 cm³/mol. The molecule has 0 radical (unpaired) electrons. The Balaban J connectivity index is 1.57. The summed E-state index contributed by atoms with van der Waals surface area (Å²) in [6.07, 6.45) is -4.45. The Labute approximate surface area is 195 Å². The van der Waals surface area contributed by atoms with Gasteiger partial charge in [0.15, 0.2) is 11.2 Å². The number of halogens is 3. The lowest BCUT2D eigenvalue weighted by Gasteiger charge is -2.28. The number of nitrogens with zero attached hydrogens (tertiary/aromatic N) is 7. The highest BCUT2D eigenvalue weighted by Crippen LogP contribution is 2.31. The van der Waals surface area contributed by atoms with Crippen molar-refractivity contribution < 1.29 is 17.6 Å². The van der Waals surface area contributed by atoms with Gasteiger partial charge in [-0.2, -0.15) is 18.2 Å². The lowest BCUT2D eigenvalue weighted by atomic mass is 10.1. The first kappa shape index (κ1) is 22.8. The summed E-state index contributed by atoms with van der Waals surface area (Å²) < 4.78 is 48.2. The van der Waals surface area contributed by atoms with Crippen LogP contribution in [0.1, 0.15) is 11.5 Å². The van der Waals surface area contributed by atoms with E-state index < -0.39 is 23.0 Å². The Morgan fingerprint density at radius 3 is 2.37 bits per heavy atom. The first-order valence-electron chi connectivity index (χ1n) is 10.8. The number of benzene rings is 1. The first-order chi connectivity index (χ1) is 16.6. The summed E-state index contributed by atoms with van der Waals surface area (Å²) in [5.74, 6) is 0.655. The Morgan fingerprint density at radius 2 is 1.71 bits per heavy atom. The van der Waals surface area contributed by atoms with Crippen molar-refractivity contribution >= 4 is 17.1 Å². The number of piperazine rings is 1. The SMILES string of the molecule is Cn1c(=O)c2c(nc(N3CCNCC3)n2Cc2nnc(-c3ccc(C(F)(F)F)cc3)o2)n(C)c1=O. The van der Waals surface area contributed by atoms with Crippen molar-refractivity contribution in [3.8, 4) is 11.5 Å². The number of fused-ring (bicyclic) bond motifs is 1. The molecule has 184 valence electrons. The fourth-order valence-electron chi connectivity index (χ4n) is 4.06. The van der Waals surface area contributed by atoms with Crippen molar-refractivity contribution in [2.24, 2.45) is 14.1 Å². The second kappa shape index (κ2) is 8.37. The molecule has 0 spiro atoms. The van der Waals surface area contributed by atoms with Crippen LogP contribution in [0.4, 0.5) is 19.1 Å². The summed E-state index contributed by atoms with van der Waals surface area (Å²) in [6, 6.07) is 4.39. The summed E-state index contributed by atoms with van der Waals surface area (Å²) in [4.78, 5) is 32.1. The van der Waals surface area contributed by atoms with E-state index in [0.29, 0.717) is 24.6 Å². The smallest absolute Gasteiger partial charge is 0.416 e. The third-order valence-electron chi connectivity index (χ3n) is 5.95. The van der Waals surface area contributed by atoms with Crippen LogP contribution >= 0.6 is 0 Å². The minimum absolute atomic E-state index is 0.0170. The van der Waals surface area contributed by atoms with Crippen LogP contribution in [0.15, 0.2) is 38.3 Å². The molecule has 4 aromatic rings. The summed E-state index contributed by atoms with van der Waals surface area (Å²) in [5, 5.41) is 11.2. The predicted octanol–water partition coefficient (Wildman–Crippen LogP) is 0.960. The average molecular weight is 490 g/mol. The molecule has 1 saturated heterocycles. The molecule has 11 nitrogen and oxygen atoms in total. The van der Waals surface area contributed by atoms with Gasteiger partial charge in [-0.15, -0.1) is 10.2 Å². The second-order valence-electron chi connectivity index (χ2n) is 8.19. The third-order valence-corrected chi connectivity index (χ3v) is 5.95. The molecule has 14 heteroatoms. The molecule has 4 heterocycles. The van der Waals surface area contributed by atoms with Gasteiger partial charge in [0.1, 0.15) is 6.54 Å². The quantitative estimate of drug-likeness (QED) is 0.450. The lowest BCUT2D eigenvalue weighted by Crippen LogP contribution is -2.44. The van der Waals surface area contributed by atoms with Crippen LogP contribution in [0, 0.1) is 0 Å². The number of anilines is 1. The molecule has 0 bridgehead atoms. The fourth-order valence-corrected chi connectivity index (χ4v) is 4.06. The van der Waals surface area contributed by atoms with E-state index in [4.69, 9.17) is 4.42 Å². The summed E-state index contributed by atoms with van der Waals surface area (Å²) in [7, 11) is 2.93. The molecule has 0 atom stereocenters. The molecular formula is C21H21F3N8O3. The molecule has 0 amide bonds. The highest BCUT2D eigenvalue weighted by molar-refractivity contribution is 5.74. The van der Waals surface area contributed by atoms with Crippen LogP contribution in [0.3, 0.4) is 0 Å². The van der Waals surface area contributed by atoms with Crippen molar-refractivity contribution in [1.82, 2.24) is 34.2 Å². The van der Waals surface area contributed by atoms with Gasteiger partial charge in [-0.1, -0.05) is 0 Å². The fraction of sp³-hybridized carbons (Fsp3) is 0.381. The minimum Gasteiger partial charge on any atom is -0.419 e. The summed E-state index contributed by atoms with van der Waals surface area (Å²) >= 11 is 0. The number of imidazole rings is 1. The first-order valence-corrected chi connectivity index (χ1v) is 10.8.